The Morgan fingerprint density at radius 2 is 1.80 bits per heavy atom. The van der Waals surface area contributed by atoms with Gasteiger partial charge >= 0.3 is 0 Å². The third-order valence-electron chi connectivity index (χ3n) is 2.23. The summed E-state index contributed by atoms with van der Waals surface area (Å²) in [5, 5.41) is 0. The summed E-state index contributed by atoms with van der Waals surface area (Å²) in [5.41, 5.74) is 0. The van der Waals surface area contributed by atoms with Crippen LogP contribution in [0.4, 0.5) is 0 Å². The van der Waals surface area contributed by atoms with Gasteiger partial charge in [-0.15, -0.1) is 0 Å². The summed E-state index contributed by atoms with van der Waals surface area (Å²) in [5.74, 6) is -0.364. The van der Waals surface area contributed by atoms with Crippen LogP contribution in [0.25, 0.3) is 0 Å². The number of hydrogen-bond acceptors (Lipinski definition) is 2. The molecule has 15 heavy (non-hydrogen) atoms. The lowest BCUT2D eigenvalue weighted by Crippen LogP contribution is -2.30. The molecule has 0 aromatic rings. The van der Waals surface area contributed by atoms with Crippen molar-refractivity contribution in [2.45, 2.75) is 25.7 Å². The minimum absolute atomic E-state index is 0.182. The molecular formula is C11H14INO2. The van der Waals surface area contributed by atoms with E-state index in [2.05, 4.69) is 29.2 Å². The highest BCUT2D eigenvalue weighted by Gasteiger charge is 2.21. The second-order valence-corrected chi connectivity index (χ2v) is 5.01. The van der Waals surface area contributed by atoms with Crippen molar-refractivity contribution in [2.24, 2.45) is 0 Å². The number of halogens is 1. The molecule has 0 aliphatic carbocycles. The van der Waals surface area contributed by atoms with Crippen molar-refractivity contribution in [1.82, 2.24) is 4.90 Å². The van der Waals surface area contributed by atoms with Crippen molar-refractivity contribution in [1.29, 1.82) is 0 Å². The van der Waals surface area contributed by atoms with E-state index < -0.39 is 0 Å². The maximum absolute atomic E-state index is 11.2. The lowest BCUT2D eigenvalue weighted by molar-refractivity contribution is -0.136. The van der Waals surface area contributed by atoms with Gasteiger partial charge in [-0.2, -0.15) is 0 Å². The van der Waals surface area contributed by atoms with E-state index in [9.17, 15) is 9.59 Å². The minimum Gasteiger partial charge on any atom is -0.275 e. The van der Waals surface area contributed by atoms with Gasteiger partial charge in [-0.1, -0.05) is 13.0 Å². The Bertz CT molecular complexity index is 292. The molecule has 4 heteroatoms. The second-order valence-electron chi connectivity index (χ2n) is 3.49. The summed E-state index contributed by atoms with van der Waals surface area (Å²) >= 11 is 2.22. The summed E-state index contributed by atoms with van der Waals surface area (Å²) in [6, 6.07) is 0. The molecule has 2 amide bonds. The number of nitrogens with zero attached hydrogens (tertiary/aromatic N) is 1. The number of rotatable bonds is 6. The van der Waals surface area contributed by atoms with Gasteiger partial charge in [0.25, 0.3) is 11.8 Å². The van der Waals surface area contributed by atoms with Crippen LogP contribution in [0.1, 0.15) is 25.7 Å². The third kappa shape index (κ3) is 4.15. The topological polar surface area (TPSA) is 37.4 Å². The van der Waals surface area contributed by atoms with Gasteiger partial charge < -0.3 is 0 Å². The predicted molar refractivity (Wildman–Crippen MR) is 67.5 cm³/mol. The monoisotopic (exact) mass is 319 g/mol. The van der Waals surface area contributed by atoms with Crippen LogP contribution in [0, 0.1) is 0 Å². The predicted octanol–water partition coefficient (Wildman–Crippen LogP) is 2.42. The molecule has 0 unspecified atom stereocenters. The number of carbonyl (C=O) groups excluding carboxylic acids is 2. The molecule has 1 heterocycles. The van der Waals surface area contributed by atoms with E-state index in [1.807, 2.05) is 0 Å². The zero-order chi connectivity index (χ0) is 11.3. The molecule has 0 saturated carbocycles. The normalized spacial score (nSPS) is 15.1. The quantitative estimate of drug-likeness (QED) is 0.428. The summed E-state index contributed by atoms with van der Waals surface area (Å²) in [4.78, 5) is 23.6. The molecule has 0 fully saturated rings. The average molecular weight is 319 g/mol. The Morgan fingerprint density at radius 3 is 2.33 bits per heavy atom. The summed E-state index contributed by atoms with van der Waals surface area (Å²) in [6.45, 7) is 4.35. The Hall–Kier alpha value is -0.650. The number of hydrogen-bond donors (Lipinski definition) is 0. The smallest absolute Gasteiger partial charge is 0.253 e. The van der Waals surface area contributed by atoms with E-state index in [1.54, 1.807) is 0 Å². The Kier molecular flexibility index (Phi) is 5.01. The first-order chi connectivity index (χ1) is 7.11. The van der Waals surface area contributed by atoms with Crippen LogP contribution in [0.15, 0.2) is 22.3 Å². The number of amides is 2. The number of unbranched alkanes of at least 4 members (excludes halogenated alkanes) is 2. The van der Waals surface area contributed by atoms with Crippen LogP contribution in [0.5, 0.6) is 0 Å². The van der Waals surface area contributed by atoms with Crippen molar-refractivity contribution in [3.8, 4) is 0 Å². The van der Waals surface area contributed by atoms with E-state index in [4.69, 9.17) is 0 Å². The first kappa shape index (κ1) is 12.4. The minimum atomic E-state index is -0.182. The molecule has 82 valence electrons. The molecule has 1 aliphatic heterocycles. The van der Waals surface area contributed by atoms with E-state index in [0.29, 0.717) is 6.54 Å². The highest BCUT2D eigenvalue weighted by Crippen LogP contribution is 2.13. The van der Waals surface area contributed by atoms with Crippen molar-refractivity contribution >= 4 is 34.4 Å². The molecule has 0 bridgehead atoms. The molecule has 0 saturated heterocycles. The highest BCUT2D eigenvalue weighted by atomic mass is 127. The van der Waals surface area contributed by atoms with Crippen molar-refractivity contribution in [2.75, 3.05) is 6.54 Å². The van der Waals surface area contributed by atoms with Gasteiger partial charge in [-0.05, 0) is 45.4 Å². The van der Waals surface area contributed by atoms with Crippen LogP contribution in [0.2, 0.25) is 0 Å². The largest absolute Gasteiger partial charge is 0.275 e. The van der Waals surface area contributed by atoms with Gasteiger partial charge in [0.15, 0.2) is 0 Å². The average Bonchev–Trinajstić information content (AvgIpc) is 2.47. The fraction of sp³-hybridized carbons (Fsp3) is 0.455. The van der Waals surface area contributed by atoms with Crippen molar-refractivity contribution in [3.63, 3.8) is 0 Å². The van der Waals surface area contributed by atoms with E-state index in [0.717, 1.165) is 29.3 Å². The molecule has 1 aliphatic rings. The Morgan fingerprint density at radius 1 is 1.20 bits per heavy atom. The van der Waals surface area contributed by atoms with Crippen LogP contribution in [0.3, 0.4) is 0 Å². The third-order valence-corrected chi connectivity index (χ3v) is 2.77. The van der Waals surface area contributed by atoms with Crippen LogP contribution >= 0.6 is 22.6 Å². The molecule has 0 aromatic carbocycles. The molecule has 0 N–H and O–H groups in total. The van der Waals surface area contributed by atoms with E-state index >= 15 is 0 Å². The standard InChI is InChI=1S/C11H14INO2/c1-9(12)5-3-2-4-8-13-10(14)6-7-11(13)15/h6-7H,1-5,8H2. The van der Waals surface area contributed by atoms with Gasteiger partial charge in [0.2, 0.25) is 0 Å². The lowest BCUT2D eigenvalue weighted by Gasteiger charge is -2.12. The van der Waals surface area contributed by atoms with Crippen molar-refractivity contribution in [3.05, 3.63) is 22.3 Å². The summed E-state index contributed by atoms with van der Waals surface area (Å²) in [7, 11) is 0. The Balaban J connectivity index is 2.13. The van der Waals surface area contributed by atoms with Crippen LogP contribution in [-0.2, 0) is 9.59 Å². The van der Waals surface area contributed by atoms with Gasteiger partial charge in [-0.25, -0.2) is 0 Å². The summed E-state index contributed by atoms with van der Waals surface area (Å²) < 4.78 is 1.16. The SMILES string of the molecule is C=C(I)CCCCCN1C(=O)C=CC1=O. The maximum atomic E-state index is 11.2. The first-order valence-corrected chi connectivity index (χ1v) is 6.06. The summed E-state index contributed by atoms with van der Waals surface area (Å²) in [6.07, 6.45) is 6.65. The zero-order valence-corrected chi connectivity index (χ0v) is 10.7. The second kappa shape index (κ2) is 6.05. The fourth-order valence-corrected chi connectivity index (χ4v) is 1.80. The van der Waals surface area contributed by atoms with Gasteiger partial charge in [0, 0.05) is 18.7 Å². The zero-order valence-electron chi connectivity index (χ0n) is 8.54. The molecule has 0 aromatic heterocycles. The first-order valence-electron chi connectivity index (χ1n) is 4.98. The Labute approximate surface area is 103 Å². The van der Waals surface area contributed by atoms with E-state index in [1.165, 1.54) is 17.1 Å². The fourth-order valence-electron chi connectivity index (χ4n) is 1.42. The highest BCUT2D eigenvalue weighted by molar-refractivity contribution is 14.1. The van der Waals surface area contributed by atoms with Gasteiger partial charge in [0.05, 0.1) is 0 Å². The van der Waals surface area contributed by atoms with Gasteiger partial charge in [-0.3, -0.25) is 14.5 Å². The van der Waals surface area contributed by atoms with Crippen LogP contribution < -0.4 is 0 Å². The maximum Gasteiger partial charge on any atom is 0.253 e. The van der Waals surface area contributed by atoms with Gasteiger partial charge in [0.1, 0.15) is 0 Å². The molecular weight excluding hydrogens is 305 g/mol. The number of carbonyl (C=O) groups is 2. The molecule has 1 rings (SSSR count). The van der Waals surface area contributed by atoms with E-state index in [-0.39, 0.29) is 11.8 Å². The lowest BCUT2D eigenvalue weighted by atomic mass is 10.2. The molecule has 0 radical (unpaired) electrons. The molecule has 3 nitrogen and oxygen atoms in total. The number of imide groups is 1. The molecule has 0 atom stereocenters. The molecule has 0 spiro atoms. The van der Waals surface area contributed by atoms with Crippen LogP contribution in [-0.4, -0.2) is 23.3 Å². The van der Waals surface area contributed by atoms with Crippen molar-refractivity contribution < 1.29 is 9.59 Å². The number of allylic oxidation sites excluding steroid dienone is 1.